The highest BCUT2D eigenvalue weighted by atomic mass is 35.5. The van der Waals surface area contributed by atoms with Crippen LogP contribution >= 0.6 is 23.2 Å². The summed E-state index contributed by atoms with van der Waals surface area (Å²) in [5.74, 6) is 0. The van der Waals surface area contributed by atoms with Crippen molar-refractivity contribution < 1.29 is 4.92 Å². The molecule has 0 N–H and O–H groups in total. The lowest BCUT2D eigenvalue weighted by molar-refractivity contribution is -0.384. The normalized spacial score (nSPS) is 11.8. The Bertz CT molecular complexity index is 381. The summed E-state index contributed by atoms with van der Waals surface area (Å²) in [6, 6.07) is 0. The van der Waals surface area contributed by atoms with E-state index in [0.29, 0.717) is 0 Å². The maximum Gasteiger partial charge on any atom is 0.344 e. The Morgan fingerprint density at radius 1 is 1.43 bits per heavy atom. The Balaban J connectivity index is 3.39. The third-order valence-corrected chi connectivity index (χ3v) is 2.18. The van der Waals surface area contributed by atoms with E-state index in [4.69, 9.17) is 23.2 Å². The zero-order valence-electron chi connectivity index (χ0n) is 7.91. The van der Waals surface area contributed by atoms with E-state index in [1.54, 1.807) is 0 Å². The minimum Gasteiger partial charge on any atom is -0.258 e. The molecule has 0 amide bonds. The monoisotopic (exact) mass is 237 g/mol. The van der Waals surface area contributed by atoms with Gasteiger partial charge < -0.3 is 0 Å². The topological polar surface area (TPSA) is 61.0 Å². The Hall–Kier alpha value is -0.810. The van der Waals surface area contributed by atoms with Crippen molar-refractivity contribution in [1.82, 2.24) is 9.78 Å². The highest BCUT2D eigenvalue weighted by molar-refractivity contribution is 6.37. The van der Waals surface area contributed by atoms with Gasteiger partial charge in [0.15, 0.2) is 0 Å². The second-order valence-corrected chi connectivity index (χ2v) is 4.49. The number of aromatic nitrogens is 2. The number of nitrogens with zero attached hydrogens (tertiary/aromatic N) is 3. The molecule has 0 spiro atoms. The Morgan fingerprint density at radius 2 is 1.93 bits per heavy atom. The van der Waals surface area contributed by atoms with Crippen LogP contribution in [0.2, 0.25) is 10.3 Å². The van der Waals surface area contributed by atoms with Crippen molar-refractivity contribution >= 4 is 28.9 Å². The molecule has 0 aliphatic rings. The van der Waals surface area contributed by atoms with E-state index in [1.165, 1.54) is 4.68 Å². The third-order valence-electron chi connectivity index (χ3n) is 1.58. The molecule has 5 nitrogen and oxygen atoms in total. The van der Waals surface area contributed by atoms with Crippen LogP contribution in [0.15, 0.2) is 0 Å². The summed E-state index contributed by atoms with van der Waals surface area (Å²) in [5, 5.41) is 14.1. The van der Waals surface area contributed by atoms with Gasteiger partial charge >= 0.3 is 5.69 Å². The first kappa shape index (κ1) is 11.3. The lowest BCUT2D eigenvalue weighted by Gasteiger charge is -2.19. The highest BCUT2D eigenvalue weighted by Crippen LogP contribution is 2.34. The SMILES string of the molecule is CC(C)(C)n1nc(Cl)c([N+](=O)[O-])c1Cl. The fourth-order valence-corrected chi connectivity index (χ4v) is 1.69. The van der Waals surface area contributed by atoms with Gasteiger partial charge in [-0.25, -0.2) is 4.68 Å². The van der Waals surface area contributed by atoms with Crippen LogP contribution in [0.25, 0.3) is 0 Å². The third kappa shape index (κ3) is 1.83. The van der Waals surface area contributed by atoms with E-state index >= 15 is 0 Å². The molecule has 1 aromatic rings. The second-order valence-electron chi connectivity index (χ2n) is 3.77. The molecule has 0 aromatic carbocycles. The van der Waals surface area contributed by atoms with Crippen molar-refractivity contribution in [2.24, 2.45) is 0 Å². The summed E-state index contributed by atoms with van der Waals surface area (Å²) in [6.07, 6.45) is 0. The van der Waals surface area contributed by atoms with E-state index < -0.39 is 10.5 Å². The number of halogens is 2. The molecule has 0 saturated heterocycles. The van der Waals surface area contributed by atoms with E-state index in [2.05, 4.69) is 5.10 Å². The fraction of sp³-hybridized carbons (Fsp3) is 0.571. The molecule has 78 valence electrons. The largest absolute Gasteiger partial charge is 0.344 e. The Morgan fingerprint density at radius 3 is 2.14 bits per heavy atom. The first-order chi connectivity index (χ1) is 6.25. The average Bonchev–Trinajstić information content (AvgIpc) is 2.24. The number of rotatable bonds is 1. The van der Waals surface area contributed by atoms with Crippen molar-refractivity contribution in [1.29, 1.82) is 0 Å². The minimum absolute atomic E-state index is 0.0486. The standard InChI is InChI=1S/C7H9Cl2N3O2/c1-7(2,3)11-6(9)4(12(13)14)5(8)10-11/h1-3H3. The minimum atomic E-state index is -0.639. The summed E-state index contributed by atoms with van der Waals surface area (Å²) in [6.45, 7) is 5.48. The van der Waals surface area contributed by atoms with Crippen LogP contribution in [0.4, 0.5) is 5.69 Å². The zero-order chi connectivity index (χ0) is 11.1. The van der Waals surface area contributed by atoms with Crippen molar-refractivity contribution in [2.45, 2.75) is 26.3 Å². The smallest absolute Gasteiger partial charge is 0.258 e. The van der Waals surface area contributed by atoms with Gasteiger partial charge in [-0.2, -0.15) is 5.10 Å². The molecule has 1 heterocycles. The first-order valence-corrected chi connectivity index (χ1v) is 4.59. The quantitative estimate of drug-likeness (QED) is 0.558. The predicted octanol–water partition coefficient (Wildman–Crippen LogP) is 2.85. The van der Waals surface area contributed by atoms with Crippen LogP contribution in [0.3, 0.4) is 0 Å². The predicted molar refractivity (Wildman–Crippen MR) is 53.9 cm³/mol. The molecule has 1 aromatic heterocycles. The first-order valence-electron chi connectivity index (χ1n) is 3.84. The van der Waals surface area contributed by atoms with Crippen LogP contribution in [0, 0.1) is 10.1 Å². The van der Waals surface area contributed by atoms with Gasteiger partial charge in [-0.05, 0) is 20.8 Å². The molecule has 0 aliphatic carbocycles. The Labute approximate surface area is 90.8 Å². The molecular formula is C7H9Cl2N3O2. The number of hydrogen-bond donors (Lipinski definition) is 0. The van der Waals surface area contributed by atoms with Crippen LogP contribution < -0.4 is 0 Å². The van der Waals surface area contributed by atoms with E-state index in [1.807, 2.05) is 20.8 Å². The van der Waals surface area contributed by atoms with Gasteiger partial charge in [-0.3, -0.25) is 10.1 Å². The van der Waals surface area contributed by atoms with Gasteiger partial charge in [0.25, 0.3) is 0 Å². The summed E-state index contributed by atoms with van der Waals surface area (Å²) in [5.41, 5.74) is -0.780. The summed E-state index contributed by atoms with van der Waals surface area (Å²) in [4.78, 5) is 9.93. The van der Waals surface area contributed by atoms with Crippen LogP contribution in [0.5, 0.6) is 0 Å². The van der Waals surface area contributed by atoms with Gasteiger partial charge in [0.05, 0.1) is 10.5 Å². The molecule has 0 bridgehead atoms. The van der Waals surface area contributed by atoms with Crippen molar-refractivity contribution in [3.05, 3.63) is 20.4 Å². The lowest BCUT2D eigenvalue weighted by atomic mass is 10.1. The van der Waals surface area contributed by atoms with Crippen LogP contribution in [0.1, 0.15) is 20.8 Å². The average molecular weight is 238 g/mol. The zero-order valence-corrected chi connectivity index (χ0v) is 9.43. The number of nitro groups is 1. The van der Waals surface area contributed by atoms with Crippen LogP contribution in [-0.2, 0) is 5.54 Å². The molecular weight excluding hydrogens is 229 g/mol. The van der Waals surface area contributed by atoms with Gasteiger partial charge in [-0.15, -0.1) is 0 Å². The maximum atomic E-state index is 10.6. The molecule has 14 heavy (non-hydrogen) atoms. The molecule has 7 heteroatoms. The van der Waals surface area contributed by atoms with Gasteiger partial charge in [0.2, 0.25) is 10.3 Å². The fourth-order valence-electron chi connectivity index (χ4n) is 0.960. The molecule has 0 atom stereocenters. The molecule has 0 aliphatic heterocycles. The van der Waals surface area contributed by atoms with Crippen molar-refractivity contribution in [3.63, 3.8) is 0 Å². The van der Waals surface area contributed by atoms with E-state index in [-0.39, 0.29) is 16.0 Å². The molecule has 1 rings (SSSR count). The summed E-state index contributed by atoms with van der Waals surface area (Å²) >= 11 is 11.4. The highest BCUT2D eigenvalue weighted by Gasteiger charge is 2.30. The molecule has 0 fully saturated rings. The number of hydrogen-bond acceptors (Lipinski definition) is 3. The second kappa shape index (κ2) is 3.40. The lowest BCUT2D eigenvalue weighted by Crippen LogP contribution is -2.23. The van der Waals surface area contributed by atoms with Gasteiger partial charge in [0, 0.05) is 0 Å². The molecule has 0 unspecified atom stereocenters. The van der Waals surface area contributed by atoms with Gasteiger partial charge in [-0.1, -0.05) is 23.2 Å². The molecule has 0 radical (unpaired) electrons. The summed E-state index contributed by atoms with van der Waals surface area (Å²) < 4.78 is 1.33. The summed E-state index contributed by atoms with van der Waals surface area (Å²) in [7, 11) is 0. The van der Waals surface area contributed by atoms with Crippen molar-refractivity contribution in [2.75, 3.05) is 0 Å². The van der Waals surface area contributed by atoms with Gasteiger partial charge in [0.1, 0.15) is 0 Å². The van der Waals surface area contributed by atoms with Crippen LogP contribution in [-0.4, -0.2) is 14.7 Å². The molecule has 0 saturated carbocycles. The van der Waals surface area contributed by atoms with Crippen molar-refractivity contribution in [3.8, 4) is 0 Å². The van der Waals surface area contributed by atoms with E-state index in [0.717, 1.165) is 0 Å². The van der Waals surface area contributed by atoms with E-state index in [9.17, 15) is 10.1 Å². The Kier molecular flexibility index (Phi) is 2.74. The maximum absolute atomic E-state index is 10.6.